The number of nitrogens with zero attached hydrogens (tertiary/aromatic N) is 3. The number of sulfone groups is 1. The van der Waals surface area contributed by atoms with E-state index in [0.29, 0.717) is 11.6 Å². The number of piperazine rings is 1. The third kappa shape index (κ3) is 5.15. The summed E-state index contributed by atoms with van der Waals surface area (Å²) in [5.41, 5.74) is 7.34. The highest BCUT2D eigenvalue weighted by atomic mass is 35.5. The molecule has 0 aliphatic carbocycles. The quantitative estimate of drug-likeness (QED) is 0.556. The summed E-state index contributed by atoms with van der Waals surface area (Å²) in [6, 6.07) is 12.9. The van der Waals surface area contributed by atoms with Crippen LogP contribution in [0.3, 0.4) is 0 Å². The highest BCUT2D eigenvalue weighted by molar-refractivity contribution is 7.91. The molecule has 1 saturated heterocycles. The van der Waals surface area contributed by atoms with Gasteiger partial charge in [-0.15, -0.1) is 0 Å². The second-order valence-corrected chi connectivity index (χ2v) is 10.9. The minimum absolute atomic E-state index is 0.138. The number of aryl methyl sites for hydroxylation is 1. The standard InChI is InChI=1S/C24H25ClN4O4S/c1-16-12-20(6-8-27-16)28-9-10-29(22(15-28)24(26)31)23(30)7-11-34(32,33)21-5-3-17-13-19(25)4-2-18(17)14-21/h2-6,8,12-14,22H,7,9-11,15H2,1H3,(H2,26,31). The summed E-state index contributed by atoms with van der Waals surface area (Å²) in [6.45, 7) is 2.88. The molecule has 2 heterocycles. The second kappa shape index (κ2) is 9.60. The van der Waals surface area contributed by atoms with Gasteiger partial charge < -0.3 is 15.5 Å². The summed E-state index contributed by atoms with van der Waals surface area (Å²) in [6.07, 6.45) is 1.45. The summed E-state index contributed by atoms with van der Waals surface area (Å²) >= 11 is 5.99. The van der Waals surface area contributed by atoms with Gasteiger partial charge in [-0.3, -0.25) is 14.6 Å². The van der Waals surface area contributed by atoms with E-state index in [0.717, 1.165) is 22.2 Å². The van der Waals surface area contributed by atoms with Crippen molar-refractivity contribution in [2.24, 2.45) is 5.73 Å². The molecule has 0 spiro atoms. The Morgan fingerprint density at radius 2 is 1.82 bits per heavy atom. The smallest absolute Gasteiger partial charge is 0.242 e. The second-order valence-electron chi connectivity index (χ2n) is 8.33. The number of fused-ring (bicyclic) bond motifs is 1. The molecule has 1 unspecified atom stereocenters. The van der Waals surface area contributed by atoms with Gasteiger partial charge in [0.15, 0.2) is 9.84 Å². The molecule has 2 aromatic carbocycles. The van der Waals surface area contributed by atoms with E-state index >= 15 is 0 Å². The molecule has 178 valence electrons. The van der Waals surface area contributed by atoms with Crippen molar-refractivity contribution < 1.29 is 18.0 Å². The van der Waals surface area contributed by atoms with Crippen LogP contribution in [0.1, 0.15) is 12.1 Å². The lowest BCUT2D eigenvalue weighted by Gasteiger charge is -2.41. The lowest BCUT2D eigenvalue weighted by molar-refractivity contribution is -0.139. The molecule has 8 nitrogen and oxygen atoms in total. The Morgan fingerprint density at radius 3 is 2.56 bits per heavy atom. The highest BCUT2D eigenvalue weighted by Gasteiger charge is 2.34. The summed E-state index contributed by atoms with van der Waals surface area (Å²) in [7, 11) is -3.71. The lowest BCUT2D eigenvalue weighted by atomic mass is 10.1. The normalized spacial score (nSPS) is 16.6. The lowest BCUT2D eigenvalue weighted by Crippen LogP contribution is -2.60. The molecule has 34 heavy (non-hydrogen) atoms. The SMILES string of the molecule is Cc1cc(N2CCN(C(=O)CCS(=O)(=O)c3ccc4cc(Cl)ccc4c3)C(C(N)=O)C2)ccn1. The molecule has 1 aromatic heterocycles. The maximum absolute atomic E-state index is 12.9. The molecule has 2 amide bonds. The molecule has 1 atom stereocenters. The van der Waals surface area contributed by atoms with Crippen LogP contribution >= 0.6 is 11.6 Å². The van der Waals surface area contributed by atoms with Gasteiger partial charge in [0.05, 0.1) is 10.6 Å². The molecule has 10 heteroatoms. The minimum atomic E-state index is -3.71. The van der Waals surface area contributed by atoms with Gasteiger partial charge in [0.2, 0.25) is 11.8 Å². The maximum atomic E-state index is 12.9. The average molecular weight is 501 g/mol. The number of amides is 2. The predicted octanol–water partition coefficient (Wildman–Crippen LogP) is 2.56. The van der Waals surface area contributed by atoms with Crippen molar-refractivity contribution in [1.82, 2.24) is 9.88 Å². The first kappa shape index (κ1) is 24.0. The third-order valence-electron chi connectivity index (χ3n) is 5.99. The number of rotatable bonds is 6. The van der Waals surface area contributed by atoms with E-state index in [1.165, 1.54) is 11.0 Å². The molecule has 1 aliphatic rings. The van der Waals surface area contributed by atoms with Crippen LogP contribution in [0.5, 0.6) is 0 Å². The number of pyridine rings is 1. The Hall–Kier alpha value is -3.17. The number of primary amides is 1. The Labute approximate surface area is 203 Å². The first-order valence-corrected chi connectivity index (χ1v) is 12.9. The van der Waals surface area contributed by atoms with Crippen molar-refractivity contribution in [3.63, 3.8) is 0 Å². The van der Waals surface area contributed by atoms with Crippen molar-refractivity contribution in [1.29, 1.82) is 0 Å². The number of nitrogens with two attached hydrogens (primary N) is 1. The van der Waals surface area contributed by atoms with Gasteiger partial charge in [-0.25, -0.2) is 8.42 Å². The first-order chi connectivity index (χ1) is 16.1. The Morgan fingerprint density at radius 1 is 1.09 bits per heavy atom. The zero-order valence-electron chi connectivity index (χ0n) is 18.6. The first-order valence-electron chi connectivity index (χ1n) is 10.8. The van der Waals surface area contributed by atoms with Crippen molar-refractivity contribution in [2.75, 3.05) is 30.3 Å². The Kier molecular flexibility index (Phi) is 6.77. The molecule has 2 N–H and O–H groups in total. The van der Waals surface area contributed by atoms with Gasteiger partial charge in [0.25, 0.3) is 0 Å². The predicted molar refractivity (Wildman–Crippen MR) is 132 cm³/mol. The van der Waals surface area contributed by atoms with E-state index in [1.807, 2.05) is 24.0 Å². The summed E-state index contributed by atoms with van der Waals surface area (Å²) < 4.78 is 25.8. The van der Waals surface area contributed by atoms with Gasteiger partial charge in [0.1, 0.15) is 6.04 Å². The molecule has 1 aliphatic heterocycles. The van der Waals surface area contributed by atoms with E-state index in [1.54, 1.807) is 36.5 Å². The average Bonchev–Trinajstić information content (AvgIpc) is 2.81. The molecule has 0 radical (unpaired) electrons. The Bertz CT molecular complexity index is 1360. The Balaban J connectivity index is 1.45. The fourth-order valence-corrected chi connectivity index (χ4v) is 5.60. The number of hydrogen-bond acceptors (Lipinski definition) is 6. The van der Waals surface area contributed by atoms with Crippen molar-refractivity contribution in [2.45, 2.75) is 24.3 Å². The number of carbonyl (C=O) groups excluding carboxylic acids is 2. The van der Waals surface area contributed by atoms with Crippen LogP contribution in [-0.2, 0) is 19.4 Å². The van der Waals surface area contributed by atoms with Gasteiger partial charge in [-0.2, -0.15) is 0 Å². The van der Waals surface area contributed by atoms with Crippen LogP contribution in [0.2, 0.25) is 5.02 Å². The molecule has 4 rings (SSSR count). The van der Waals surface area contributed by atoms with Gasteiger partial charge in [-0.1, -0.05) is 23.7 Å². The molecular weight excluding hydrogens is 476 g/mol. The molecule has 1 fully saturated rings. The number of hydrogen-bond donors (Lipinski definition) is 1. The third-order valence-corrected chi connectivity index (χ3v) is 7.94. The van der Waals surface area contributed by atoms with Crippen LogP contribution < -0.4 is 10.6 Å². The maximum Gasteiger partial charge on any atom is 0.242 e. The van der Waals surface area contributed by atoms with Crippen LogP contribution in [-0.4, -0.2) is 61.5 Å². The van der Waals surface area contributed by atoms with Crippen LogP contribution in [0.4, 0.5) is 5.69 Å². The molecule has 0 bridgehead atoms. The summed E-state index contributed by atoms with van der Waals surface area (Å²) in [5.74, 6) is -1.40. The van der Waals surface area contributed by atoms with E-state index in [-0.39, 0.29) is 30.2 Å². The molecular formula is C24H25ClN4O4S. The number of aromatic nitrogens is 1. The van der Waals surface area contributed by atoms with Crippen LogP contribution in [0, 0.1) is 6.92 Å². The summed E-state index contributed by atoms with van der Waals surface area (Å²) in [4.78, 5) is 32.8. The highest BCUT2D eigenvalue weighted by Crippen LogP contribution is 2.24. The zero-order valence-corrected chi connectivity index (χ0v) is 20.2. The van der Waals surface area contributed by atoms with E-state index in [2.05, 4.69) is 4.98 Å². The summed E-state index contributed by atoms with van der Waals surface area (Å²) in [5, 5.41) is 2.14. The topological polar surface area (TPSA) is 114 Å². The number of benzene rings is 2. The minimum Gasteiger partial charge on any atom is -0.368 e. The fourth-order valence-electron chi connectivity index (χ4n) is 4.16. The van der Waals surface area contributed by atoms with Gasteiger partial charge in [0, 0.05) is 48.7 Å². The van der Waals surface area contributed by atoms with Gasteiger partial charge >= 0.3 is 0 Å². The van der Waals surface area contributed by atoms with E-state index < -0.39 is 27.7 Å². The van der Waals surface area contributed by atoms with Crippen molar-refractivity contribution in [3.8, 4) is 0 Å². The van der Waals surface area contributed by atoms with Crippen LogP contribution in [0.25, 0.3) is 10.8 Å². The number of carbonyl (C=O) groups is 2. The monoisotopic (exact) mass is 500 g/mol. The largest absolute Gasteiger partial charge is 0.368 e. The van der Waals surface area contributed by atoms with E-state index in [9.17, 15) is 18.0 Å². The van der Waals surface area contributed by atoms with E-state index in [4.69, 9.17) is 17.3 Å². The number of halogens is 1. The van der Waals surface area contributed by atoms with Crippen molar-refractivity contribution in [3.05, 3.63) is 65.4 Å². The fraction of sp³-hybridized carbons (Fsp3) is 0.292. The van der Waals surface area contributed by atoms with Gasteiger partial charge in [-0.05, 0) is 54.1 Å². The number of anilines is 1. The van der Waals surface area contributed by atoms with Crippen LogP contribution in [0.15, 0.2) is 59.6 Å². The molecule has 3 aromatic rings. The molecule has 0 saturated carbocycles. The zero-order chi connectivity index (χ0) is 24.5. The van der Waals surface area contributed by atoms with Crippen molar-refractivity contribution >= 4 is 49.7 Å².